The lowest BCUT2D eigenvalue weighted by Crippen LogP contribution is -2.53. The molecule has 0 aromatic rings. The molecule has 0 aromatic heterocycles. The number of hydrogen-bond donors (Lipinski definition) is 24. The predicted molar refractivity (Wildman–Crippen MR) is 566 cm³/mol. The molecule has 58 heteroatoms. The van der Waals surface area contributed by atoms with E-state index in [0.29, 0.717) is 0 Å². The summed E-state index contributed by atoms with van der Waals surface area (Å²) in [5.74, 6) is -9.48. The normalized spacial score (nSPS) is 19.6. The Morgan fingerprint density at radius 2 is 0.587 bits per heavy atom. The van der Waals surface area contributed by atoms with E-state index in [1.165, 1.54) is 0 Å². The number of amides is 16. The van der Waals surface area contributed by atoms with Gasteiger partial charge in [0, 0.05) is 160 Å². The van der Waals surface area contributed by atoms with Crippen molar-refractivity contribution in [3.05, 3.63) is 0 Å². The predicted octanol–water partition coefficient (Wildman–Crippen LogP) is -5.73. The van der Waals surface area contributed by atoms with Crippen LogP contribution in [-0.2, 0) is 162 Å². The number of carbonyl (C=O) groups is 18. The van der Waals surface area contributed by atoms with Gasteiger partial charge in [0.1, 0.15) is 12.1 Å². The third-order valence-corrected chi connectivity index (χ3v) is 21.8. The summed E-state index contributed by atoms with van der Waals surface area (Å²) in [6, 6.07) is -5.47. The van der Waals surface area contributed by atoms with Crippen LogP contribution < -0.4 is 95.7 Å². The molecular formula is C92H166N18O34S6. The fourth-order valence-electron chi connectivity index (χ4n) is 12.2. The summed E-state index contributed by atoms with van der Waals surface area (Å²) in [5, 5.41) is 47.6. The largest absolute Gasteiger partial charge is 0.413 e. The van der Waals surface area contributed by atoms with Gasteiger partial charge in [-0.15, -0.1) is 0 Å². The molecule has 1 saturated heterocycles. The molecule has 16 amide bonds. The van der Waals surface area contributed by atoms with Crippen LogP contribution in [0.4, 0.5) is 0 Å². The van der Waals surface area contributed by atoms with Crippen molar-refractivity contribution in [1.29, 1.82) is 0 Å². The highest BCUT2D eigenvalue weighted by Crippen LogP contribution is 2.23. The maximum absolute atomic E-state index is 13.2. The van der Waals surface area contributed by atoms with Crippen molar-refractivity contribution < 1.29 is 162 Å². The topological polar surface area (TPSA) is 671 Å². The summed E-state index contributed by atoms with van der Waals surface area (Å²) in [4.78, 5) is 232. The van der Waals surface area contributed by atoms with Crippen molar-refractivity contribution in [1.82, 2.24) is 95.7 Å². The molecule has 0 saturated carbocycles. The van der Waals surface area contributed by atoms with Gasteiger partial charge >= 0.3 is 12.3 Å². The molecule has 1 aliphatic rings. The van der Waals surface area contributed by atoms with Gasteiger partial charge in [0.25, 0.3) is 0 Å². The van der Waals surface area contributed by atoms with Crippen LogP contribution in [0.25, 0.3) is 0 Å². The van der Waals surface area contributed by atoms with Crippen LogP contribution in [0.3, 0.4) is 0 Å². The quantitative estimate of drug-likeness (QED) is 0.0153. The summed E-state index contributed by atoms with van der Waals surface area (Å²) < 4.78 is 94.6. The van der Waals surface area contributed by atoms with E-state index in [0.717, 1.165) is 0 Å². The SMILES string of the molecule is CC(C)(C)NC(CS)C(=O)NCC(=O)NCCOCCOC1(OCCOCCNC(=O)CNC(=O)C(CS)NC(C)(C)C)OCCOCCNC(=O)CNC(=O)C(CS)NC(=O)CCC(=O)NCCOCCOC(OCCOCCNC(=O)CCC(=O)NC(CS)C(=O)C(C)(C)C)(OCCOCCNC(=O)CCC(=O)NC(CS)C(=O)C(C)(C)C)OCCOCCNC(=O)CCC(=O)NC(CS)C(=O)NCC(=O)NCCOCCO1. The van der Waals surface area contributed by atoms with Gasteiger partial charge in [-0.05, 0) is 41.5 Å². The third-order valence-electron chi connectivity index (χ3n) is 19.6. The van der Waals surface area contributed by atoms with Crippen molar-refractivity contribution in [3.8, 4) is 0 Å². The van der Waals surface area contributed by atoms with Crippen molar-refractivity contribution in [3.63, 3.8) is 0 Å². The van der Waals surface area contributed by atoms with Gasteiger partial charge in [-0.3, -0.25) is 86.3 Å². The van der Waals surface area contributed by atoms with E-state index in [9.17, 15) is 86.3 Å². The Morgan fingerprint density at radius 1 is 0.320 bits per heavy atom. The fourth-order valence-corrected chi connectivity index (χ4v) is 13.8. The van der Waals surface area contributed by atoms with Crippen molar-refractivity contribution in [2.45, 2.75) is 194 Å². The second-order valence-corrected chi connectivity index (χ2v) is 39.2. The van der Waals surface area contributed by atoms with Crippen molar-refractivity contribution in [2.24, 2.45) is 10.8 Å². The molecule has 1 fully saturated rings. The van der Waals surface area contributed by atoms with Crippen LogP contribution in [0, 0.1) is 10.8 Å². The van der Waals surface area contributed by atoms with E-state index in [-0.39, 0.29) is 321 Å². The summed E-state index contributed by atoms with van der Waals surface area (Å²) in [6.45, 7) is 15.5. The Hall–Kier alpha value is -7.76. The zero-order valence-electron chi connectivity index (χ0n) is 88.4. The van der Waals surface area contributed by atoms with Crippen molar-refractivity contribution >= 4 is 182 Å². The average Bonchev–Trinajstić information content (AvgIpc) is 0.870. The Bertz CT molecular complexity index is 3770. The lowest BCUT2D eigenvalue weighted by Gasteiger charge is -2.32. The van der Waals surface area contributed by atoms with Crippen LogP contribution in [-0.4, -0.2) is 437 Å². The van der Waals surface area contributed by atoms with Gasteiger partial charge in [0.2, 0.25) is 94.5 Å². The molecule has 0 aliphatic carbocycles. The van der Waals surface area contributed by atoms with Gasteiger partial charge in [-0.25, -0.2) is 0 Å². The van der Waals surface area contributed by atoms with Gasteiger partial charge < -0.3 is 171 Å². The molecule has 864 valence electrons. The molecule has 0 bridgehead atoms. The molecule has 0 radical (unpaired) electrons. The first kappa shape index (κ1) is 140. The summed E-state index contributed by atoms with van der Waals surface area (Å²) in [7, 11) is 0. The van der Waals surface area contributed by atoms with E-state index >= 15 is 0 Å². The van der Waals surface area contributed by atoms with Crippen LogP contribution in [0.1, 0.15) is 134 Å². The summed E-state index contributed by atoms with van der Waals surface area (Å²) in [6.07, 6.45) is -6.92. The zero-order chi connectivity index (χ0) is 112. The fraction of sp³-hybridized carbons (Fsp3) is 0.804. The molecular weight excluding hydrogens is 2090 g/mol. The molecule has 6 unspecified atom stereocenters. The van der Waals surface area contributed by atoms with E-state index in [1.54, 1.807) is 41.5 Å². The van der Waals surface area contributed by atoms with E-state index in [4.69, 9.17) is 75.8 Å². The maximum Gasteiger partial charge on any atom is 0.413 e. The number of hydrogen-bond acceptors (Lipinski definition) is 42. The number of nitrogens with one attached hydrogen (secondary N) is 18. The standard InChI is InChI=1S/C92H166N18O34S6/c1-87(2,3)81(123)63(57-145)105-73(115)17-13-69(111)93-21-29-129-37-45-137-91(138-46-38-130-30-22-94-70(112)14-18-74(116)106-64(58-146)82(124)88(4,5)6)139-47-39-131-31-23-95-71(113)15-19-75(117)107-65(59-147)83(125)101-53-77(119)97-25-33-133-41-49-141-92(143-51-43-135-35-27-99-79(121)55-103-85(127)67(61-149)109-89(7,8)9,144-52-44-136-36-28-100-80(122)56-104-86(128)68(62-150)110-90(10,11)12)142-50-42-134-34-26-98-78(120)54-102-84(126)66(60-148)108-76(118)20-16-72(114)96-24-32-132-40-48-140-91/h63-68,109-110,145-150H,13-62H2,1-12H3,(H,93,111)(H,94,112)(H,95,113)(H,96,114)(H,97,119)(H,98,120)(H,99,121)(H,100,122)(H,101,125)(H,102,126)(H,103,127)(H,104,128)(H,105,115)(H,106,116)(H,107,117)(H,108,118). The Kier molecular flexibility index (Phi) is 76.5. The van der Waals surface area contributed by atoms with Crippen LogP contribution in [0.2, 0.25) is 0 Å². The molecule has 18 N–H and O–H groups in total. The molecule has 1 aliphatic heterocycles. The van der Waals surface area contributed by atoms with E-state index < -0.39 is 178 Å². The van der Waals surface area contributed by atoms with Crippen molar-refractivity contribution in [2.75, 3.05) is 272 Å². The number of thiol groups is 6. The monoisotopic (exact) mass is 2260 g/mol. The van der Waals surface area contributed by atoms with E-state index in [1.807, 2.05) is 41.5 Å². The number of rotatable bonds is 52. The highest BCUT2D eigenvalue weighted by molar-refractivity contribution is 7.81. The summed E-state index contributed by atoms with van der Waals surface area (Å²) >= 11 is 25.3. The second-order valence-electron chi connectivity index (χ2n) is 37.1. The first-order chi connectivity index (χ1) is 71.1. The number of ketones is 2. The third kappa shape index (κ3) is 72.1. The highest BCUT2D eigenvalue weighted by Gasteiger charge is 2.40. The zero-order valence-corrected chi connectivity index (χ0v) is 93.7. The van der Waals surface area contributed by atoms with Gasteiger partial charge in [0.05, 0.1) is 209 Å². The minimum atomic E-state index is -2.37. The average molecular weight is 2260 g/mol. The Labute approximate surface area is 910 Å². The Balaban J connectivity index is 3.45. The first-order valence-electron chi connectivity index (χ1n) is 49.5. The second kappa shape index (κ2) is 81.8. The maximum atomic E-state index is 13.2. The smallest absolute Gasteiger partial charge is 0.377 e. The molecule has 150 heavy (non-hydrogen) atoms. The molecule has 6 atom stereocenters. The molecule has 0 aromatic carbocycles. The number of carbonyl (C=O) groups excluding carboxylic acids is 18. The molecule has 1 heterocycles. The lowest BCUT2D eigenvalue weighted by molar-refractivity contribution is -0.502. The number of Topliss-reactive ketones (excluding diaryl/α,β-unsaturated/α-hetero) is 2. The van der Waals surface area contributed by atoms with Crippen LogP contribution >= 0.6 is 75.8 Å². The van der Waals surface area contributed by atoms with Gasteiger partial charge in [-0.2, -0.15) is 75.8 Å². The Morgan fingerprint density at radius 3 is 0.853 bits per heavy atom. The minimum absolute atomic E-state index is 0.00844. The first-order valence-corrected chi connectivity index (χ1v) is 53.3. The number of ether oxygens (including phenoxy) is 16. The molecule has 0 spiro atoms. The highest BCUT2D eigenvalue weighted by atomic mass is 32.1. The minimum Gasteiger partial charge on any atom is -0.377 e. The van der Waals surface area contributed by atoms with E-state index in [2.05, 4.69) is 171 Å². The lowest BCUT2D eigenvalue weighted by atomic mass is 9.87. The van der Waals surface area contributed by atoms with Crippen LogP contribution in [0.5, 0.6) is 0 Å². The van der Waals surface area contributed by atoms with Gasteiger partial charge in [-0.1, -0.05) is 41.5 Å². The van der Waals surface area contributed by atoms with Gasteiger partial charge in [0.15, 0.2) is 11.6 Å². The summed E-state index contributed by atoms with van der Waals surface area (Å²) in [5.41, 5.74) is -2.29. The molecule has 52 nitrogen and oxygen atoms in total. The molecule has 1 rings (SSSR count). The van der Waals surface area contributed by atoms with Crippen LogP contribution in [0.15, 0.2) is 0 Å².